The van der Waals surface area contributed by atoms with Gasteiger partial charge in [-0.15, -0.1) is 11.3 Å². The molecule has 3 heterocycles. The van der Waals surface area contributed by atoms with Crippen molar-refractivity contribution in [2.75, 3.05) is 13.3 Å². The predicted octanol–water partition coefficient (Wildman–Crippen LogP) is 4.46. The number of rotatable bonds is 3. The zero-order chi connectivity index (χ0) is 17.5. The Bertz CT molecular complexity index is 922. The molecular formula is C20H20N2O3S. The molecule has 0 unspecified atom stereocenters. The Kier molecular flexibility index (Phi) is 3.94. The van der Waals surface area contributed by atoms with Crippen LogP contribution in [0.1, 0.15) is 35.9 Å². The van der Waals surface area contributed by atoms with Crippen LogP contribution in [-0.2, 0) is 6.54 Å². The van der Waals surface area contributed by atoms with E-state index in [4.69, 9.17) is 14.5 Å². The Balaban J connectivity index is 1.45. The summed E-state index contributed by atoms with van der Waals surface area (Å²) in [5, 5.41) is 11.6. The van der Waals surface area contributed by atoms with Gasteiger partial charge in [0.15, 0.2) is 11.5 Å². The molecule has 2 aromatic carbocycles. The Labute approximate surface area is 155 Å². The standard InChI is InChI=1S/C20H20N2O3S/c23-16-10-18-17(24-12-25-18)9-13(16)11-22-8-4-3-6-15(22)20-21-14-5-1-2-7-19(14)26-20/h1-2,5,7,9-10,15,23H,3-4,6,8,11-12H2/t15-/m0/s1. The van der Waals surface area contributed by atoms with Crippen molar-refractivity contribution >= 4 is 21.6 Å². The fourth-order valence-corrected chi connectivity index (χ4v) is 4.95. The molecule has 5 rings (SSSR count). The molecule has 0 aliphatic carbocycles. The summed E-state index contributed by atoms with van der Waals surface area (Å²) >= 11 is 1.78. The minimum absolute atomic E-state index is 0.219. The summed E-state index contributed by atoms with van der Waals surface area (Å²) in [6.45, 7) is 1.91. The monoisotopic (exact) mass is 368 g/mol. The number of piperidine rings is 1. The highest BCUT2D eigenvalue weighted by Gasteiger charge is 2.28. The van der Waals surface area contributed by atoms with E-state index >= 15 is 0 Å². The van der Waals surface area contributed by atoms with Crippen molar-refractivity contribution in [3.63, 3.8) is 0 Å². The normalized spacial score (nSPS) is 19.9. The van der Waals surface area contributed by atoms with Gasteiger partial charge in [0.25, 0.3) is 0 Å². The second-order valence-corrected chi connectivity index (χ2v) is 7.90. The van der Waals surface area contributed by atoms with Gasteiger partial charge in [-0.2, -0.15) is 0 Å². The highest BCUT2D eigenvalue weighted by molar-refractivity contribution is 7.18. The summed E-state index contributed by atoms with van der Waals surface area (Å²) in [7, 11) is 0. The van der Waals surface area contributed by atoms with Gasteiger partial charge >= 0.3 is 0 Å². The largest absolute Gasteiger partial charge is 0.507 e. The first-order valence-electron chi connectivity index (χ1n) is 8.99. The van der Waals surface area contributed by atoms with Crippen molar-refractivity contribution in [2.45, 2.75) is 31.8 Å². The molecule has 1 aromatic heterocycles. The van der Waals surface area contributed by atoms with Crippen molar-refractivity contribution in [3.05, 3.63) is 47.0 Å². The van der Waals surface area contributed by atoms with E-state index in [1.807, 2.05) is 12.1 Å². The van der Waals surface area contributed by atoms with Gasteiger partial charge in [-0.1, -0.05) is 18.6 Å². The topological polar surface area (TPSA) is 54.8 Å². The number of hydrogen-bond acceptors (Lipinski definition) is 6. The van der Waals surface area contributed by atoms with Crippen LogP contribution in [-0.4, -0.2) is 28.3 Å². The third-order valence-electron chi connectivity index (χ3n) is 5.16. The molecule has 0 bridgehead atoms. The number of ether oxygens (including phenoxy) is 2. The fourth-order valence-electron chi connectivity index (χ4n) is 3.81. The number of likely N-dealkylation sites (tertiary alicyclic amines) is 1. The molecular weight excluding hydrogens is 348 g/mol. The van der Waals surface area contributed by atoms with Crippen LogP contribution < -0.4 is 9.47 Å². The molecule has 1 saturated heterocycles. The predicted molar refractivity (Wildman–Crippen MR) is 101 cm³/mol. The SMILES string of the molecule is Oc1cc2c(cc1CN1CCCC[C@H]1c1nc3ccccc3s1)OCO2. The summed E-state index contributed by atoms with van der Waals surface area (Å²) in [4.78, 5) is 7.31. The third kappa shape index (κ3) is 2.79. The zero-order valence-corrected chi connectivity index (χ0v) is 15.2. The van der Waals surface area contributed by atoms with Crippen LogP contribution in [0.3, 0.4) is 0 Å². The number of aromatic nitrogens is 1. The van der Waals surface area contributed by atoms with Gasteiger partial charge in [-0.25, -0.2) is 4.98 Å². The number of hydrogen-bond donors (Lipinski definition) is 1. The minimum atomic E-state index is 0.219. The van der Waals surface area contributed by atoms with E-state index in [0.29, 0.717) is 24.1 Å². The average molecular weight is 368 g/mol. The molecule has 26 heavy (non-hydrogen) atoms. The second-order valence-electron chi connectivity index (χ2n) is 6.84. The van der Waals surface area contributed by atoms with E-state index in [2.05, 4.69) is 23.1 Å². The first kappa shape index (κ1) is 15.9. The molecule has 0 spiro atoms. The number of fused-ring (bicyclic) bond motifs is 2. The van der Waals surface area contributed by atoms with Crippen molar-refractivity contribution in [1.29, 1.82) is 0 Å². The van der Waals surface area contributed by atoms with Gasteiger partial charge in [0.1, 0.15) is 10.8 Å². The van der Waals surface area contributed by atoms with Gasteiger partial charge < -0.3 is 14.6 Å². The Morgan fingerprint density at radius 1 is 1.15 bits per heavy atom. The molecule has 5 nitrogen and oxygen atoms in total. The summed E-state index contributed by atoms with van der Waals surface area (Å²) < 4.78 is 12.1. The van der Waals surface area contributed by atoms with Gasteiger partial charge in [0.05, 0.1) is 16.3 Å². The van der Waals surface area contributed by atoms with Crippen LogP contribution in [0.25, 0.3) is 10.2 Å². The molecule has 2 aliphatic rings. The Hall–Kier alpha value is -2.31. The molecule has 0 amide bonds. The van der Waals surface area contributed by atoms with E-state index in [1.165, 1.54) is 22.5 Å². The molecule has 134 valence electrons. The lowest BCUT2D eigenvalue weighted by molar-refractivity contribution is 0.139. The number of benzene rings is 2. The molecule has 1 N–H and O–H groups in total. The van der Waals surface area contributed by atoms with E-state index in [9.17, 15) is 5.11 Å². The van der Waals surface area contributed by atoms with E-state index in [1.54, 1.807) is 17.4 Å². The lowest BCUT2D eigenvalue weighted by Crippen LogP contribution is -2.32. The van der Waals surface area contributed by atoms with E-state index in [-0.39, 0.29) is 12.5 Å². The molecule has 1 atom stereocenters. The van der Waals surface area contributed by atoms with E-state index < -0.39 is 0 Å². The lowest BCUT2D eigenvalue weighted by Gasteiger charge is -2.34. The number of phenols is 1. The molecule has 6 heteroatoms. The smallest absolute Gasteiger partial charge is 0.231 e. The molecule has 0 radical (unpaired) electrons. The molecule has 0 saturated carbocycles. The summed E-state index contributed by atoms with van der Waals surface area (Å²) in [6, 6.07) is 12.2. The first-order valence-corrected chi connectivity index (χ1v) is 9.80. The number of thiazole rings is 1. The number of nitrogens with zero attached hydrogens (tertiary/aromatic N) is 2. The van der Waals surface area contributed by atoms with Crippen LogP contribution in [0.4, 0.5) is 0 Å². The molecule has 2 aliphatic heterocycles. The fraction of sp³-hybridized carbons (Fsp3) is 0.350. The molecule has 3 aromatic rings. The van der Waals surface area contributed by atoms with Gasteiger partial charge in [0, 0.05) is 18.2 Å². The third-order valence-corrected chi connectivity index (χ3v) is 6.29. The van der Waals surface area contributed by atoms with E-state index in [0.717, 1.165) is 24.0 Å². The van der Waals surface area contributed by atoms with Crippen molar-refractivity contribution in [2.24, 2.45) is 0 Å². The zero-order valence-electron chi connectivity index (χ0n) is 14.4. The Morgan fingerprint density at radius 2 is 2.00 bits per heavy atom. The highest BCUT2D eigenvalue weighted by atomic mass is 32.1. The van der Waals surface area contributed by atoms with Crippen molar-refractivity contribution < 1.29 is 14.6 Å². The average Bonchev–Trinajstić information content (AvgIpc) is 3.28. The maximum absolute atomic E-state index is 10.4. The van der Waals surface area contributed by atoms with Crippen LogP contribution in [0.15, 0.2) is 36.4 Å². The summed E-state index contributed by atoms with van der Waals surface area (Å²) in [5.41, 5.74) is 1.95. The number of phenolic OH excluding ortho intramolecular Hbond substituents is 1. The maximum atomic E-state index is 10.4. The minimum Gasteiger partial charge on any atom is -0.507 e. The van der Waals surface area contributed by atoms with Crippen LogP contribution in [0.2, 0.25) is 0 Å². The summed E-state index contributed by atoms with van der Waals surface area (Å²) in [5.74, 6) is 1.60. The van der Waals surface area contributed by atoms with Gasteiger partial charge in [-0.05, 0) is 37.6 Å². The van der Waals surface area contributed by atoms with Crippen LogP contribution >= 0.6 is 11.3 Å². The van der Waals surface area contributed by atoms with Crippen LogP contribution in [0.5, 0.6) is 17.2 Å². The number of para-hydroxylation sites is 1. The molecule has 1 fully saturated rings. The first-order chi connectivity index (χ1) is 12.8. The van der Waals surface area contributed by atoms with Crippen molar-refractivity contribution in [1.82, 2.24) is 9.88 Å². The van der Waals surface area contributed by atoms with Gasteiger partial charge in [0.2, 0.25) is 6.79 Å². The summed E-state index contributed by atoms with van der Waals surface area (Å²) in [6.07, 6.45) is 3.49. The highest BCUT2D eigenvalue weighted by Crippen LogP contribution is 2.41. The number of aromatic hydroxyl groups is 1. The van der Waals surface area contributed by atoms with Gasteiger partial charge in [-0.3, -0.25) is 4.90 Å². The maximum Gasteiger partial charge on any atom is 0.231 e. The second kappa shape index (κ2) is 6.45. The van der Waals surface area contributed by atoms with Crippen molar-refractivity contribution in [3.8, 4) is 17.2 Å². The van der Waals surface area contributed by atoms with Crippen LogP contribution in [0, 0.1) is 0 Å². The lowest BCUT2D eigenvalue weighted by atomic mass is 10.0. The Morgan fingerprint density at radius 3 is 2.88 bits per heavy atom. The quantitative estimate of drug-likeness (QED) is 0.740.